The summed E-state index contributed by atoms with van der Waals surface area (Å²) in [4.78, 5) is 0. The van der Waals surface area contributed by atoms with Gasteiger partial charge in [-0.2, -0.15) is 0 Å². The third-order valence-electron chi connectivity index (χ3n) is 3.50. The minimum absolute atomic E-state index is 0.567. The van der Waals surface area contributed by atoms with Gasteiger partial charge in [0.2, 0.25) is 0 Å². The molecule has 0 amide bonds. The van der Waals surface area contributed by atoms with Crippen LogP contribution in [0.3, 0.4) is 0 Å². The van der Waals surface area contributed by atoms with Crippen LogP contribution in [-0.4, -0.2) is 0 Å². The van der Waals surface area contributed by atoms with E-state index in [-0.39, 0.29) is 0 Å². The van der Waals surface area contributed by atoms with Gasteiger partial charge in [-0.25, -0.2) is 0 Å². The standard InChI is InChI=1S/C17H20ClN/c1-3-7-13-8-6-9-14(12-13)17(2,19)15-10-4-5-11-16(15)18/h4-6,8-12H,3,7,19H2,1-2H3. The van der Waals surface area contributed by atoms with Crippen LogP contribution in [0.1, 0.15) is 37.0 Å². The summed E-state index contributed by atoms with van der Waals surface area (Å²) in [5.74, 6) is 0. The van der Waals surface area contributed by atoms with Crippen molar-refractivity contribution in [3.8, 4) is 0 Å². The van der Waals surface area contributed by atoms with Crippen molar-refractivity contribution in [2.45, 2.75) is 32.2 Å². The fourth-order valence-electron chi connectivity index (χ4n) is 2.38. The van der Waals surface area contributed by atoms with Crippen molar-refractivity contribution >= 4 is 11.6 Å². The number of rotatable bonds is 4. The molecular weight excluding hydrogens is 254 g/mol. The molecule has 1 unspecified atom stereocenters. The molecule has 1 atom stereocenters. The largest absolute Gasteiger partial charge is 0.318 e. The predicted octanol–water partition coefficient (Wildman–Crippen LogP) is 4.51. The summed E-state index contributed by atoms with van der Waals surface area (Å²) in [5.41, 5.74) is 9.36. The molecule has 0 bridgehead atoms. The molecule has 0 aliphatic carbocycles. The lowest BCUT2D eigenvalue weighted by Gasteiger charge is -2.27. The minimum atomic E-state index is -0.567. The normalized spacial score (nSPS) is 14.1. The molecule has 2 aromatic carbocycles. The van der Waals surface area contributed by atoms with E-state index in [2.05, 4.69) is 31.2 Å². The number of nitrogens with two attached hydrogens (primary N) is 1. The maximum Gasteiger partial charge on any atom is 0.0651 e. The van der Waals surface area contributed by atoms with E-state index < -0.39 is 5.54 Å². The van der Waals surface area contributed by atoms with E-state index in [1.807, 2.05) is 31.2 Å². The molecule has 100 valence electrons. The predicted molar refractivity (Wildman–Crippen MR) is 82.5 cm³/mol. The first-order valence-corrected chi connectivity index (χ1v) is 7.06. The topological polar surface area (TPSA) is 26.0 Å². The number of halogens is 1. The number of benzene rings is 2. The Kier molecular flexibility index (Phi) is 4.28. The number of hydrogen-bond donors (Lipinski definition) is 1. The Hall–Kier alpha value is -1.31. The van der Waals surface area contributed by atoms with Crippen LogP contribution in [0.4, 0.5) is 0 Å². The van der Waals surface area contributed by atoms with Crippen molar-refractivity contribution in [2.24, 2.45) is 5.73 Å². The van der Waals surface area contributed by atoms with Crippen LogP contribution < -0.4 is 5.73 Å². The maximum absolute atomic E-state index is 6.54. The van der Waals surface area contributed by atoms with E-state index in [0.29, 0.717) is 5.02 Å². The van der Waals surface area contributed by atoms with Gasteiger partial charge in [0.1, 0.15) is 0 Å². The summed E-state index contributed by atoms with van der Waals surface area (Å²) >= 11 is 6.28. The van der Waals surface area contributed by atoms with Crippen LogP contribution in [0.15, 0.2) is 48.5 Å². The van der Waals surface area contributed by atoms with Gasteiger partial charge in [-0.3, -0.25) is 0 Å². The lowest BCUT2D eigenvalue weighted by Crippen LogP contribution is -2.34. The Bertz CT molecular complexity index is 561. The zero-order valence-corrected chi connectivity index (χ0v) is 12.2. The van der Waals surface area contributed by atoms with Gasteiger partial charge in [0.25, 0.3) is 0 Å². The molecule has 19 heavy (non-hydrogen) atoms. The van der Waals surface area contributed by atoms with E-state index >= 15 is 0 Å². The van der Waals surface area contributed by atoms with Crippen LogP contribution in [0.2, 0.25) is 5.02 Å². The molecule has 0 saturated heterocycles. The summed E-state index contributed by atoms with van der Waals surface area (Å²) in [6.45, 7) is 4.20. The molecule has 1 nitrogen and oxygen atoms in total. The SMILES string of the molecule is CCCc1cccc(C(C)(N)c2ccccc2Cl)c1. The van der Waals surface area contributed by atoms with E-state index in [1.165, 1.54) is 5.56 Å². The molecule has 2 aromatic rings. The molecule has 0 fully saturated rings. The van der Waals surface area contributed by atoms with Crippen molar-refractivity contribution < 1.29 is 0 Å². The molecule has 2 N–H and O–H groups in total. The van der Waals surface area contributed by atoms with Crippen LogP contribution in [0.25, 0.3) is 0 Å². The monoisotopic (exact) mass is 273 g/mol. The summed E-state index contributed by atoms with van der Waals surface area (Å²) in [5, 5.41) is 0.716. The van der Waals surface area contributed by atoms with Crippen molar-refractivity contribution in [3.63, 3.8) is 0 Å². The van der Waals surface area contributed by atoms with Crippen molar-refractivity contribution in [1.82, 2.24) is 0 Å². The van der Waals surface area contributed by atoms with Gasteiger partial charge >= 0.3 is 0 Å². The summed E-state index contributed by atoms with van der Waals surface area (Å²) < 4.78 is 0. The molecule has 2 rings (SSSR count). The lowest BCUT2D eigenvalue weighted by atomic mass is 9.84. The second-order valence-electron chi connectivity index (χ2n) is 5.13. The molecule has 0 radical (unpaired) electrons. The second-order valence-corrected chi connectivity index (χ2v) is 5.54. The van der Waals surface area contributed by atoms with Crippen molar-refractivity contribution in [2.75, 3.05) is 0 Å². The van der Waals surface area contributed by atoms with Gasteiger partial charge < -0.3 is 5.73 Å². The number of aryl methyl sites for hydroxylation is 1. The van der Waals surface area contributed by atoms with Gasteiger partial charge in [0.05, 0.1) is 5.54 Å². The molecule has 0 saturated carbocycles. The van der Waals surface area contributed by atoms with Gasteiger partial charge in [0.15, 0.2) is 0 Å². The van der Waals surface area contributed by atoms with Crippen molar-refractivity contribution in [3.05, 3.63) is 70.2 Å². The Morgan fingerprint density at radius 3 is 2.53 bits per heavy atom. The fraction of sp³-hybridized carbons (Fsp3) is 0.294. The zero-order valence-electron chi connectivity index (χ0n) is 11.5. The molecule has 2 heteroatoms. The van der Waals surface area contributed by atoms with Crippen LogP contribution in [-0.2, 0) is 12.0 Å². The van der Waals surface area contributed by atoms with E-state index in [0.717, 1.165) is 24.0 Å². The average molecular weight is 274 g/mol. The quantitative estimate of drug-likeness (QED) is 0.871. The Labute approximate surface area is 120 Å². The molecule has 0 aliphatic heterocycles. The zero-order chi connectivity index (χ0) is 13.9. The fourth-order valence-corrected chi connectivity index (χ4v) is 2.71. The number of hydrogen-bond acceptors (Lipinski definition) is 1. The van der Waals surface area contributed by atoms with Crippen LogP contribution >= 0.6 is 11.6 Å². The third kappa shape index (κ3) is 2.99. The van der Waals surface area contributed by atoms with Gasteiger partial charge in [-0.05, 0) is 36.1 Å². The Balaban J connectivity index is 2.44. The van der Waals surface area contributed by atoms with Gasteiger partial charge in [-0.1, -0.05) is 67.4 Å². The molecule has 0 aliphatic rings. The van der Waals surface area contributed by atoms with E-state index in [9.17, 15) is 0 Å². The summed E-state index contributed by atoms with van der Waals surface area (Å²) in [6.07, 6.45) is 2.21. The highest BCUT2D eigenvalue weighted by Gasteiger charge is 2.25. The van der Waals surface area contributed by atoms with Crippen LogP contribution in [0.5, 0.6) is 0 Å². The summed E-state index contributed by atoms with van der Waals surface area (Å²) in [7, 11) is 0. The first-order chi connectivity index (χ1) is 9.05. The smallest absolute Gasteiger partial charge is 0.0651 e. The van der Waals surface area contributed by atoms with Gasteiger partial charge in [-0.15, -0.1) is 0 Å². The van der Waals surface area contributed by atoms with Crippen molar-refractivity contribution in [1.29, 1.82) is 0 Å². The molecular formula is C17H20ClN. The Morgan fingerprint density at radius 1 is 1.11 bits per heavy atom. The minimum Gasteiger partial charge on any atom is -0.318 e. The van der Waals surface area contributed by atoms with E-state index in [1.54, 1.807) is 0 Å². The Morgan fingerprint density at radius 2 is 1.84 bits per heavy atom. The highest BCUT2D eigenvalue weighted by molar-refractivity contribution is 6.31. The summed E-state index contributed by atoms with van der Waals surface area (Å²) in [6, 6.07) is 16.3. The molecule has 0 heterocycles. The van der Waals surface area contributed by atoms with Crippen LogP contribution in [0, 0.1) is 0 Å². The average Bonchev–Trinajstić information content (AvgIpc) is 2.40. The molecule has 0 aromatic heterocycles. The highest BCUT2D eigenvalue weighted by Crippen LogP contribution is 2.32. The molecule has 0 spiro atoms. The first-order valence-electron chi connectivity index (χ1n) is 6.69. The second kappa shape index (κ2) is 5.77. The van der Waals surface area contributed by atoms with Gasteiger partial charge in [0, 0.05) is 5.02 Å². The first kappa shape index (κ1) is 14.1. The highest BCUT2D eigenvalue weighted by atomic mass is 35.5. The maximum atomic E-state index is 6.54. The lowest BCUT2D eigenvalue weighted by molar-refractivity contribution is 0.602. The van der Waals surface area contributed by atoms with E-state index in [4.69, 9.17) is 17.3 Å². The third-order valence-corrected chi connectivity index (χ3v) is 3.83.